The molecule has 2 unspecified atom stereocenters. The molecule has 1 fully saturated rings. The molecule has 4 nitrogen and oxygen atoms in total. The van der Waals surface area contributed by atoms with Gasteiger partial charge in [0.1, 0.15) is 0 Å². The van der Waals surface area contributed by atoms with Crippen LogP contribution < -0.4 is 10.1 Å². The van der Waals surface area contributed by atoms with E-state index in [4.69, 9.17) is 4.74 Å². The van der Waals surface area contributed by atoms with Crippen LogP contribution in [0.1, 0.15) is 39.0 Å². The van der Waals surface area contributed by atoms with Crippen LogP contribution in [0.5, 0.6) is 5.88 Å². The summed E-state index contributed by atoms with van der Waals surface area (Å²) in [6, 6.07) is 2.28. The second-order valence-corrected chi connectivity index (χ2v) is 4.63. The number of anilines is 1. The first-order valence-corrected chi connectivity index (χ1v) is 6.47. The molecule has 1 aromatic heterocycles. The second kappa shape index (κ2) is 5.84. The van der Waals surface area contributed by atoms with Gasteiger partial charge in [-0.1, -0.05) is 26.2 Å². The molecule has 1 saturated carbocycles. The summed E-state index contributed by atoms with van der Waals surface area (Å²) in [6.07, 6.45) is 8.16. The minimum Gasteiger partial charge on any atom is -0.481 e. The number of ether oxygens (including phenoxy) is 1. The number of hydrogen-bond acceptors (Lipinski definition) is 4. The van der Waals surface area contributed by atoms with Crippen LogP contribution >= 0.6 is 0 Å². The summed E-state index contributed by atoms with van der Waals surface area (Å²) < 4.78 is 5.11. The Morgan fingerprint density at radius 2 is 2.24 bits per heavy atom. The Hall–Kier alpha value is -1.32. The van der Waals surface area contributed by atoms with Gasteiger partial charge in [0, 0.05) is 18.3 Å². The van der Waals surface area contributed by atoms with Crippen LogP contribution in [0.25, 0.3) is 0 Å². The van der Waals surface area contributed by atoms with Gasteiger partial charge < -0.3 is 10.1 Å². The molecule has 0 bridgehead atoms. The Kier molecular flexibility index (Phi) is 4.18. The predicted octanol–water partition coefficient (Wildman–Crippen LogP) is 2.87. The van der Waals surface area contributed by atoms with Gasteiger partial charge in [0.05, 0.1) is 7.11 Å². The first-order chi connectivity index (χ1) is 8.33. The average Bonchev–Trinajstić information content (AvgIpc) is 2.39. The van der Waals surface area contributed by atoms with Crippen molar-refractivity contribution in [2.45, 2.75) is 45.1 Å². The third kappa shape index (κ3) is 3.08. The summed E-state index contributed by atoms with van der Waals surface area (Å²) in [7, 11) is 1.63. The van der Waals surface area contributed by atoms with E-state index in [2.05, 4.69) is 22.2 Å². The fourth-order valence-electron chi connectivity index (χ4n) is 2.58. The van der Waals surface area contributed by atoms with Crippen LogP contribution in [-0.2, 0) is 0 Å². The van der Waals surface area contributed by atoms with Gasteiger partial charge in [-0.15, -0.1) is 0 Å². The van der Waals surface area contributed by atoms with Gasteiger partial charge in [-0.3, -0.25) is 0 Å². The fourth-order valence-corrected chi connectivity index (χ4v) is 2.58. The zero-order valence-corrected chi connectivity index (χ0v) is 10.6. The smallest absolute Gasteiger partial charge is 0.226 e. The van der Waals surface area contributed by atoms with Gasteiger partial charge in [-0.05, 0) is 18.8 Å². The molecule has 0 radical (unpaired) electrons. The van der Waals surface area contributed by atoms with Crippen LogP contribution in [-0.4, -0.2) is 23.1 Å². The molecule has 0 spiro atoms. The Morgan fingerprint density at radius 3 is 3.00 bits per heavy atom. The molecule has 1 aliphatic carbocycles. The van der Waals surface area contributed by atoms with Gasteiger partial charge in [0.2, 0.25) is 11.8 Å². The molecule has 2 rings (SSSR count). The Morgan fingerprint density at radius 1 is 1.41 bits per heavy atom. The number of nitrogens with zero attached hydrogens (tertiary/aromatic N) is 2. The summed E-state index contributed by atoms with van der Waals surface area (Å²) >= 11 is 0. The SMILES string of the molecule is CCC1CCCCC1Nc1nccc(OC)n1. The van der Waals surface area contributed by atoms with E-state index in [9.17, 15) is 0 Å². The highest BCUT2D eigenvalue weighted by Gasteiger charge is 2.24. The van der Waals surface area contributed by atoms with Crippen LogP contribution in [0.15, 0.2) is 12.3 Å². The van der Waals surface area contributed by atoms with Gasteiger partial charge in [-0.25, -0.2) is 4.98 Å². The van der Waals surface area contributed by atoms with Crippen molar-refractivity contribution in [3.05, 3.63) is 12.3 Å². The molecule has 0 aliphatic heterocycles. The fraction of sp³-hybridized carbons (Fsp3) is 0.692. The van der Waals surface area contributed by atoms with E-state index in [0.717, 1.165) is 5.92 Å². The highest BCUT2D eigenvalue weighted by Crippen LogP contribution is 2.28. The number of aromatic nitrogens is 2. The van der Waals surface area contributed by atoms with Crippen LogP contribution in [0.4, 0.5) is 5.95 Å². The highest BCUT2D eigenvalue weighted by atomic mass is 16.5. The van der Waals surface area contributed by atoms with E-state index < -0.39 is 0 Å². The lowest BCUT2D eigenvalue weighted by molar-refractivity contribution is 0.315. The van der Waals surface area contributed by atoms with Crippen molar-refractivity contribution >= 4 is 5.95 Å². The van der Waals surface area contributed by atoms with Crippen molar-refractivity contribution in [1.29, 1.82) is 0 Å². The van der Waals surface area contributed by atoms with E-state index in [-0.39, 0.29) is 0 Å². The van der Waals surface area contributed by atoms with E-state index in [1.54, 1.807) is 19.4 Å². The van der Waals surface area contributed by atoms with E-state index >= 15 is 0 Å². The molecule has 1 N–H and O–H groups in total. The molecule has 4 heteroatoms. The quantitative estimate of drug-likeness (QED) is 0.871. The van der Waals surface area contributed by atoms with E-state index in [0.29, 0.717) is 17.9 Å². The number of nitrogens with one attached hydrogen (secondary N) is 1. The lowest BCUT2D eigenvalue weighted by Gasteiger charge is -2.31. The Labute approximate surface area is 103 Å². The van der Waals surface area contributed by atoms with Crippen molar-refractivity contribution in [2.24, 2.45) is 5.92 Å². The third-order valence-corrected chi connectivity index (χ3v) is 3.59. The summed E-state index contributed by atoms with van der Waals surface area (Å²) in [5.41, 5.74) is 0. The molecule has 0 aromatic carbocycles. The maximum Gasteiger partial charge on any atom is 0.226 e. The second-order valence-electron chi connectivity index (χ2n) is 4.63. The first kappa shape index (κ1) is 12.1. The molecule has 2 atom stereocenters. The molecule has 94 valence electrons. The van der Waals surface area contributed by atoms with Crippen LogP contribution in [0.2, 0.25) is 0 Å². The predicted molar refractivity (Wildman–Crippen MR) is 68.2 cm³/mol. The molecule has 1 aromatic rings. The molecule has 0 saturated heterocycles. The lowest BCUT2D eigenvalue weighted by Crippen LogP contribution is -2.32. The summed E-state index contributed by atoms with van der Waals surface area (Å²) in [5.74, 6) is 2.06. The zero-order chi connectivity index (χ0) is 12.1. The van der Waals surface area contributed by atoms with Gasteiger partial charge in [-0.2, -0.15) is 4.98 Å². The largest absolute Gasteiger partial charge is 0.481 e. The topological polar surface area (TPSA) is 47.0 Å². The van der Waals surface area contributed by atoms with Crippen LogP contribution in [0.3, 0.4) is 0 Å². The van der Waals surface area contributed by atoms with Gasteiger partial charge in [0.15, 0.2) is 0 Å². The van der Waals surface area contributed by atoms with Crippen molar-refractivity contribution in [1.82, 2.24) is 9.97 Å². The maximum absolute atomic E-state index is 5.11. The van der Waals surface area contributed by atoms with Crippen molar-refractivity contribution in [3.8, 4) is 5.88 Å². The number of rotatable bonds is 4. The molecule has 0 amide bonds. The third-order valence-electron chi connectivity index (χ3n) is 3.59. The molecule has 1 aliphatic rings. The monoisotopic (exact) mass is 235 g/mol. The average molecular weight is 235 g/mol. The van der Waals surface area contributed by atoms with Gasteiger partial charge >= 0.3 is 0 Å². The molecular weight excluding hydrogens is 214 g/mol. The molecule has 17 heavy (non-hydrogen) atoms. The Bertz CT molecular complexity index is 356. The van der Waals surface area contributed by atoms with Crippen molar-refractivity contribution < 1.29 is 4.74 Å². The maximum atomic E-state index is 5.11. The molecular formula is C13H21N3O. The Balaban J connectivity index is 2.02. The normalized spacial score (nSPS) is 24.4. The summed E-state index contributed by atoms with van der Waals surface area (Å²) in [6.45, 7) is 2.26. The first-order valence-electron chi connectivity index (χ1n) is 6.47. The number of hydrogen-bond donors (Lipinski definition) is 1. The number of methoxy groups -OCH3 is 1. The minimum atomic E-state index is 0.515. The lowest BCUT2D eigenvalue weighted by atomic mass is 9.83. The van der Waals surface area contributed by atoms with Crippen molar-refractivity contribution in [3.63, 3.8) is 0 Å². The highest BCUT2D eigenvalue weighted by molar-refractivity contribution is 5.29. The van der Waals surface area contributed by atoms with Gasteiger partial charge in [0.25, 0.3) is 0 Å². The standard InChI is InChI=1S/C13H21N3O/c1-3-10-6-4-5-7-11(10)15-13-14-9-8-12(16-13)17-2/h8-11H,3-7H2,1-2H3,(H,14,15,16). The summed E-state index contributed by atoms with van der Waals surface area (Å²) in [5, 5.41) is 3.45. The summed E-state index contributed by atoms with van der Waals surface area (Å²) in [4.78, 5) is 8.56. The van der Waals surface area contributed by atoms with Crippen LogP contribution in [0, 0.1) is 5.92 Å². The van der Waals surface area contributed by atoms with E-state index in [1.165, 1.54) is 32.1 Å². The minimum absolute atomic E-state index is 0.515. The van der Waals surface area contributed by atoms with Crippen molar-refractivity contribution in [2.75, 3.05) is 12.4 Å². The van der Waals surface area contributed by atoms with E-state index in [1.807, 2.05) is 0 Å². The zero-order valence-electron chi connectivity index (χ0n) is 10.6. The molecule has 1 heterocycles.